The molecule has 0 unspecified atom stereocenters. The van der Waals surface area contributed by atoms with Crippen LogP contribution in [0.3, 0.4) is 0 Å². The average Bonchev–Trinajstić information content (AvgIpc) is 2.47. The van der Waals surface area contributed by atoms with Crippen molar-refractivity contribution >= 4 is 5.91 Å². The highest BCUT2D eigenvalue weighted by molar-refractivity contribution is 5.88. The van der Waals surface area contributed by atoms with E-state index in [1.54, 1.807) is 6.07 Å². The first-order valence-electron chi connectivity index (χ1n) is 7.73. The lowest BCUT2D eigenvalue weighted by molar-refractivity contribution is -0.131. The lowest BCUT2D eigenvalue weighted by Crippen LogP contribution is -2.52. The van der Waals surface area contributed by atoms with Crippen molar-refractivity contribution < 1.29 is 13.9 Å². The van der Waals surface area contributed by atoms with Crippen molar-refractivity contribution in [1.82, 2.24) is 10.2 Å². The summed E-state index contributed by atoms with van der Waals surface area (Å²) in [6.45, 7) is 3.79. The minimum Gasteiger partial charge on any atom is -0.381 e. The maximum Gasteiger partial charge on any atom is 0.231 e. The van der Waals surface area contributed by atoms with E-state index < -0.39 is 5.41 Å². The molecule has 0 radical (unpaired) electrons. The number of carbonyl (C=O) groups is 1. The fraction of sp³-hybridized carbons (Fsp3) is 0.588. The summed E-state index contributed by atoms with van der Waals surface area (Å²) in [4.78, 5) is 14.9. The van der Waals surface area contributed by atoms with Gasteiger partial charge < -0.3 is 15.0 Å². The Kier molecular flexibility index (Phi) is 5.53. The largest absolute Gasteiger partial charge is 0.381 e. The van der Waals surface area contributed by atoms with Crippen LogP contribution in [-0.4, -0.2) is 50.7 Å². The van der Waals surface area contributed by atoms with Gasteiger partial charge in [-0.2, -0.15) is 0 Å². The zero-order valence-corrected chi connectivity index (χ0v) is 13.6. The molecule has 122 valence electrons. The number of amides is 1. The van der Waals surface area contributed by atoms with Crippen LogP contribution in [0.25, 0.3) is 0 Å². The lowest BCUT2D eigenvalue weighted by Gasteiger charge is -2.37. The number of ether oxygens (including phenoxy) is 1. The van der Waals surface area contributed by atoms with E-state index in [-0.39, 0.29) is 17.8 Å². The molecule has 2 rings (SSSR count). The predicted molar refractivity (Wildman–Crippen MR) is 84.3 cm³/mol. The highest BCUT2D eigenvalue weighted by Crippen LogP contribution is 2.35. The second-order valence-electron chi connectivity index (χ2n) is 6.34. The van der Waals surface area contributed by atoms with Crippen LogP contribution < -0.4 is 5.32 Å². The summed E-state index contributed by atoms with van der Waals surface area (Å²) in [6, 6.07) is 6.42. The van der Waals surface area contributed by atoms with Crippen LogP contribution in [0.1, 0.15) is 25.3 Å². The molecule has 0 aromatic heterocycles. The van der Waals surface area contributed by atoms with Gasteiger partial charge in [-0.05, 0) is 51.6 Å². The molecule has 22 heavy (non-hydrogen) atoms. The third-order valence-electron chi connectivity index (χ3n) is 4.17. The molecule has 1 fully saturated rings. The van der Waals surface area contributed by atoms with Crippen molar-refractivity contribution in [2.24, 2.45) is 0 Å². The molecular formula is C17H25FN2O2. The molecule has 0 saturated carbocycles. The van der Waals surface area contributed by atoms with Crippen molar-refractivity contribution in [2.45, 2.75) is 31.2 Å². The molecule has 4 nitrogen and oxygen atoms in total. The summed E-state index contributed by atoms with van der Waals surface area (Å²) in [6.07, 6.45) is 1.16. The Morgan fingerprint density at radius 3 is 2.68 bits per heavy atom. The topological polar surface area (TPSA) is 41.6 Å². The van der Waals surface area contributed by atoms with Gasteiger partial charge in [0.1, 0.15) is 5.82 Å². The molecule has 0 aliphatic carbocycles. The SMILES string of the molecule is C[C@@H](CN(C)C)NC(=O)C1(c2cccc(F)c2)CCOCC1. The van der Waals surface area contributed by atoms with Crippen LogP contribution in [0.15, 0.2) is 24.3 Å². The highest BCUT2D eigenvalue weighted by atomic mass is 19.1. The Morgan fingerprint density at radius 2 is 2.09 bits per heavy atom. The fourth-order valence-electron chi connectivity index (χ4n) is 3.11. The third-order valence-corrected chi connectivity index (χ3v) is 4.17. The molecule has 1 amide bonds. The highest BCUT2D eigenvalue weighted by Gasteiger charge is 2.42. The molecule has 1 aliphatic heterocycles. The van der Waals surface area contributed by atoms with Crippen LogP contribution in [0.5, 0.6) is 0 Å². The predicted octanol–water partition coefficient (Wildman–Crippen LogP) is 1.94. The van der Waals surface area contributed by atoms with Crippen LogP contribution >= 0.6 is 0 Å². The number of halogens is 1. The zero-order valence-electron chi connectivity index (χ0n) is 13.6. The summed E-state index contributed by atoms with van der Waals surface area (Å²) in [5.74, 6) is -0.340. The van der Waals surface area contributed by atoms with Crippen molar-refractivity contribution in [1.29, 1.82) is 0 Å². The number of nitrogens with zero attached hydrogens (tertiary/aromatic N) is 1. The van der Waals surface area contributed by atoms with E-state index in [9.17, 15) is 9.18 Å². The Balaban J connectivity index is 2.23. The molecule has 1 saturated heterocycles. The van der Waals surface area contributed by atoms with Gasteiger partial charge in [0, 0.05) is 25.8 Å². The molecule has 0 spiro atoms. The van der Waals surface area contributed by atoms with Crippen LogP contribution in [0.4, 0.5) is 4.39 Å². The van der Waals surface area contributed by atoms with Crippen molar-refractivity contribution in [2.75, 3.05) is 33.9 Å². The van der Waals surface area contributed by atoms with E-state index in [0.717, 1.165) is 12.1 Å². The number of hydrogen-bond acceptors (Lipinski definition) is 3. The van der Waals surface area contributed by atoms with Crippen molar-refractivity contribution in [3.63, 3.8) is 0 Å². The van der Waals surface area contributed by atoms with Gasteiger partial charge >= 0.3 is 0 Å². The van der Waals surface area contributed by atoms with Gasteiger partial charge in [-0.1, -0.05) is 12.1 Å². The van der Waals surface area contributed by atoms with E-state index in [1.807, 2.05) is 32.0 Å². The smallest absolute Gasteiger partial charge is 0.231 e. The van der Waals surface area contributed by atoms with Gasteiger partial charge in [0.15, 0.2) is 0 Å². The summed E-state index contributed by atoms with van der Waals surface area (Å²) >= 11 is 0. The second kappa shape index (κ2) is 7.20. The first kappa shape index (κ1) is 16.9. The molecule has 1 N–H and O–H groups in total. The summed E-state index contributed by atoms with van der Waals surface area (Å²) in [7, 11) is 3.94. The quantitative estimate of drug-likeness (QED) is 0.904. The van der Waals surface area contributed by atoms with E-state index in [2.05, 4.69) is 5.32 Å². The maximum atomic E-state index is 13.6. The molecule has 1 aromatic rings. The van der Waals surface area contributed by atoms with Crippen LogP contribution in [0, 0.1) is 5.82 Å². The molecule has 1 aliphatic rings. The number of likely N-dealkylation sites (N-methyl/N-ethyl adjacent to an activating group) is 1. The van der Waals surface area contributed by atoms with Gasteiger partial charge in [0.25, 0.3) is 0 Å². The summed E-state index contributed by atoms with van der Waals surface area (Å²) < 4.78 is 19.0. The lowest BCUT2D eigenvalue weighted by atomic mass is 9.73. The first-order valence-corrected chi connectivity index (χ1v) is 7.73. The minimum absolute atomic E-state index is 0.0317. The zero-order chi connectivity index (χ0) is 16.2. The van der Waals surface area contributed by atoms with Gasteiger partial charge in [-0.15, -0.1) is 0 Å². The Hall–Kier alpha value is -1.46. The number of benzene rings is 1. The molecule has 1 heterocycles. The van der Waals surface area contributed by atoms with Crippen LogP contribution in [-0.2, 0) is 14.9 Å². The minimum atomic E-state index is -0.694. The third kappa shape index (κ3) is 3.84. The Labute approximate surface area is 131 Å². The summed E-state index contributed by atoms with van der Waals surface area (Å²) in [5, 5.41) is 3.08. The van der Waals surface area contributed by atoms with E-state index in [1.165, 1.54) is 12.1 Å². The molecule has 0 bridgehead atoms. The molecular weight excluding hydrogens is 283 g/mol. The monoisotopic (exact) mass is 308 g/mol. The standard InChI is InChI=1S/C17H25FN2O2/c1-13(12-20(2)3)19-16(21)17(7-9-22-10-8-17)14-5-4-6-15(18)11-14/h4-6,11,13H,7-10,12H2,1-3H3,(H,19,21)/t13-/m0/s1. The van der Waals surface area contributed by atoms with Crippen molar-refractivity contribution in [3.05, 3.63) is 35.6 Å². The van der Waals surface area contributed by atoms with E-state index >= 15 is 0 Å². The van der Waals surface area contributed by atoms with Crippen molar-refractivity contribution in [3.8, 4) is 0 Å². The first-order chi connectivity index (χ1) is 10.4. The molecule has 1 atom stereocenters. The van der Waals surface area contributed by atoms with Crippen LogP contribution in [0.2, 0.25) is 0 Å². The van der Waals surface area contributed by atoms with Gasteiger partial charge in [-0.25, -0.2) is 4.39 Å². The number of carbonyl (C=O) groups excluding carboxylic acids is 1. The average molecular weight is 308 g/mol. The fourth-order valence-corrected chi connectivity index (χ4v) is 3.11. The van der Waals surface area contributed by atoms with Gasteiger partial charge in [0.2, 0.25) is 5.91 Å². The van der Waals surface area contributed by atoms with E-state index in [4.69, 9.17) is 4.74 Å². The molecule has 5 heteroatoms. The second-order valence-corrected chi connectivity index (χ2v) is 6.34. The number of rotatable bonds is 5. The Morgan fingerprint density at radius 1 is 1.41 bits per heavy atom. The van der Waals surface area contributed by atoms with E-state index in [0.29, 0.717) is 26.1 Å². The number of nitrogens with one attached hydrogen (secondary N) is 1. The Bertz CT molecular complexity index is 513. The van der Waals surface area contributed by atoms with Gasteiger partial charge in [0.05, 0.1) is 5.41 Å². The van der Waals surface area contributed by atoms with Gasteiger partial charge in [-0.3, -0.25) is 4.79 Å². The maximum absolute atomic E-state index is 13.6. The number of hydrogen-bond donors (Lipinski definition) is 1. The summed E-state index contributed by atoms with van der Waals surface area (Å²) in [5.41, 5.74) is 0.0475. The molecule has 1 aromatic carbocycles. The normalized spacial score (nSPS) is 19.0.